The molecule has 0 aliphatic rings. The van der Waals surface area contributed by atoms with Gasteiger partial charge in [-0.25, -0.2) is 0 Å². The average molecular weight is 453 g/mol. The van der Waals surface area contributed by atoms with Gasteiger partial charge in [-0.15, -0.1) is 12.3 Å². The van der Waals surface area contributed by atoms with Crippen molar-refractivity contribution in [3.8, 4) is 29.6 Å². The number of halogens is 3. The molecule has 0 fully saturated rings. The summed E-state index contributed by atoms with van der Waals surface area (Å²) in [7, 11) is -2.55. The monoisotopic (exact) mass is 452 g/mol. The summed E-state index contributed by atoms with van der Waals surface area (Å²) >= 11 is 0. The summed E-state index contributed by atoms with van der Waals surface area (Å²) in [6, 6.07) is 4.77. The fourth-order valence-electron chi connectivity index (χ4n) is 3.38. The van der Waals surface area contributed by atoms with E-state index in [1.165, 1.54) is 31.4 Å². The molecule has 0 aromatic heterocycles. The smallest absolute Gasteiger partial charge is 0.416 e. The minimum atomic E-state index is -4.43. The fraction of sp³-hybridized carbons (Fsp3) is 0.600. The molecular weight excluding hydrogens is 417 g/mol. The normalized spacial score (nSPS) is 12.9. The Morgan fingerprint density at radius 3 is 2.29 bits per heavy atom. The van der Waals surface area contributed by atoms with Crippen molar-refractivity contribution in [1.82, 2.24) is 0 Å². The van der Waals surface area contributed by atoms with Crippen LogP contribution in [0.2, 0.25) is 11.1 Å². The Labute approximate surface area is 187 Å². The van der Waals surface area contributed by atoms with Gasteiger partial charge in [0.25, 0.3) is 8.32 Å². The van der Waals surface area contributed by atoms with Crippen LogP contribution in [0.15, 0.2) is 24.3 Å². The molecule has 0 aliphatic heterocycles. The third-order valence-electron chi connectivity index (χ3n) is 5.24. The summed E-state index contributed by atoms with van der Waals surface area (Å²) in [4.78, 5) is 0. The number of hydrogen-bond acceptors (Lipinski definition) is 2. The highest BCUT2D eigenvalue weighted by Gasteiger charge is 2.43. The summed E-state index contributed by atoms with van der Waals surface area (Å²) in [5, 5.41) is 0. The lowest BCUT2D eigenvalue weighted by Gasteiger charge is -2.35. The Morgan fingerprint density at radius 1 is 1.06 bits per heavy atom. The maximum Gasteiger partial charge on any atom is 0.416 e. The lowest BCUT2D eigenvalue weighted by Crippen LogP contribution is -2.47. The van der Waals surface area contributed by atoms with Gasteiger partial charge in [-0.2, -0.15) is 13.2 Å². The molecule has 0 spiro atoms. The number of unbranched alkanes of at least 4 members (excludes halogenated alkanes) is 4. The van der Waals surface area contributed by atoms with Gasteiger partial charge in [-0.1, -0.05) is 71.4 Å². The van der Waals surface area contributed by atoms with Gasteiger partial charge in [0.2, 0.25) is 0 Å². The highest BCUT2D eigenvalue weighted by molar-refractivity contribution is 6.84. The van der Waals surface area contributed by atoms with Crippen LogP contribution in [0.4, 0.5) is 13.2 Å². The van der Waals surface area contributed by atoms with E-state index in [2.05, 4.69) is 52.0 Å². The molecule has 0 aliphatic carbocycles. The Kier molecular flexibility index (Phi) is 11.2. The summed E-state index contributed by atoms with van der Waals surface area (Å²) in [6.07, 6.45) is 6.05. The molecule has 6 heteroatoms. The van der Waals surface area contributed by atoms with Crippen molar-refractivity contribution in [3.63, 3.8) is 0 Å². The average Bonchev–Trinajstić information content (AvgIpc) is 2.71. The Morgan fingerprint density at radius 2 is 1.74 bits per heavy atom. The quantitative estimate of drug-likeness (QED) is 0.198. The van der Waals surface area contributed by atoms with E-state index >= 15 is 0 Å². The van der Waals surface area contributed by atoms with Gasteiger partial charge in [-0.05, 0) is 35.7 Å². The number of ether oxygens (including phenoxy) is 1. The number of rotatable bonds is 11. The lowest BCUT2D eigenvalue weighted by molar-refractivity contribution is -0.137. The van der Waals surface area contributed by atoms with Crippen molar-refractivity contribution in [2.45, 2.75) is 90.1 Å². The van der Waals surface area contributed by atoms with Crippen molar-refractivity contribution in [1.29, 1.82) is 0 Å². The zero-order valence-electron chi connectivity index (χ0n) is 19.3. The SMILES string of the molecule is C#C[C@@H](COc1cccc(C(F)(F)F)c1)O[Si](C#CCCCCCC)(C(C)C)C(C)C. The summed E-state index contributed by atoms with van der Waals surface area (Å²) in [5.74, 6) is 6.04. The van der Waals surface area contributed by atoms with Crippen molar-refractivity contribution < 1.29 is 22.3 Å². The lowest BCUT2D eigenvalue weighted by atomic mass is 10.2. The summed E-state index contributed by atoms with van der Waals surface area (Å²) in [5.41, 5.74) is 3.13. The standard InChI is InChI=1S/C25H35F3O2Si/c1-7-9-10-11-12-13-17-31(20(3)4,21(5)6)30-23(8-2)19-29-24-16-14-15-22(18-24)25(26,27)28/h2,14-16,18,20-21,23H,7,9-12,19H2,1,3-6H3/t23-/m0/s1. The van der Waals surface area contributed by atoms with Gasteiger partial charge < -0.3 is 9.16 Å². The van der Waals surface area contributed by atoms with Crippen LogP contribution in [-0.2, 0) is 10.6 Å². The molecule has 1 rings (SSSR count). The topological polar surface area (TPSA) is 18.5 Å². The minimum absolute atomic E-state index is 0.0236. The second kappa shape index (κ2) is 12.8. The van der Waals surface area contributed by atoms with Crippen LogP contribution in [0.5, 0.6) is 5.75 Å². The molecule has 1 aromatic rings. The van der Waals surface area contributed by atoms with E-state index in [4.69, 9.17) is 15.6 Å². The second-order valence-electron chi connectivity index (χ2n) is 8.32. The van der Waals surface area contributed by atoms with Crippen LogP contribution in [0.3, 0.4) is 0 Å². The van der Waals surface area contributed by atoms with Gasteiger partial charge >= 0.3 is 6.18 Å². The summed E-state index contributed by atoms with van der Waals surface area (Å²) in [6.45, 7) is 10.5. The van der Waals surface area contributed by atoms with Gasteiger partial charge in [-0.3, -0.25) is 0 Å². The molecule has 2 nitrogen and oxygen atoms in total. The zero-order chi connectivity index (χ0) is 23.5. The van der Waals surface area contributed by atoms with Gasteiger partial charge in [0.15, 0.2) is 0 Å². The maximum atomic E-state index is 12.9. The molecule has 0 bridgehead atoms. The molecule has 0 saturated carbocycles. The molecule has 0 radical (unpaired) electrons. The van der Waals surface area contributed by atoms with E-state index in [1.807, 2.05) is 0 Å². The molecule has 0 amide bonds. The first-order valence-corrected chi connectivity index (χ1v) is 13.1. The molecule has 1 aromatic carbocycles. The van der Waals surface area contributed by atoms with Gasteiger partial charge in [0.1, 0.15) is 18.5 Å². The zero-order valence-corrected chi connectivity index (χ0v) is 20.3. The van der Waals surface area contributed by atoms with E-state index in [0.29, 0.717) is 0 Å². The van der Waals surface area contributed by atoms with Crippen LogP contribution in [0.25, 0.3) is 0 Å². The first kappa shape index (κ1) is 27.1. The summed E-state index contributed by atoms with van der Waals surface area (Å²) < 4.78 is 50.8. The van der Waals surface area contributed by atoms with E-state index in [9.17, 15) is 13.2 Å². The van der Waals surface area contributed by atoms with Crippen LogP contribution in [0, 0.1) is 23.8 Å². The highest BCUT2D eigenvalue weighted by Crippen LogP contribution is 2.34. The predicted octanol–water partition coefficient (Wildman–Crippen LogP) is 7.38. The Balaban J connectivity index is 2.92. The number of benzene rings is 1. The minimum Gasteiger partial charge on any atom is -0.490 e. The van der Waals surface area contributed by atoms with Crippen LogP contribution in [0.1, 0.15) is 72.3 Å². The van der Waals surface area contributed by atoms with Gasteiger partial charge in [0, 0.05) is 6.42 Å². The third kappa shape index (κ3) is 8.63. The molecule has 0 N–H and O–H groups in total. The number of alkyl halides is 3. The molecule has 0 unspecified atom stereocenters. The first-order valence-electron chi connectivity index (χ1n) is 11.0. The van der Waals surface area contributed by atoms with E-state index < -0.39 is 26.2 Å². The Hall–Kier alpha value is -1.89. The largest absolute Gasteiger partial charge is 0.490 e. The van der Waals surface area contributed by atoms with E-state index in [1.54, 1.807) is 0 Å². The highest BCUT2D eigenvalue weighted by atomic mass is 28.4. The molecule has 31 heavy (non-hydrogen) atoms. The molecule has 172 valence electrons. The Bertz CT molecular complexity index is 761. The third-order valence-corrected chi connectivity index (χ3v) is 9.91. The number of hydrogen-bond donors (Lipinski definition) is 0. The van der Waals surface area contributed by atoms with Crippen molar-refractivity contribution in [2.75, 3.05) is 6.61 Å². The van der Waals surface area contributed by atoms with Crippen LogP contribution in [-0.4, -0.2) is 21.0 Å². The maximum absolute atomic E-state index is 12.9. The molecule has 0 heterocycles. The predicted molar refractivity (Wildman–Crippen MR) is 123 cm³/mol. The molecule has 0 saturated heterocycles. The van der Waals surface area contributed by atoms with Crippen LogP contribution < -0.4 is 4.74 Å². The molecule has 1 atom stereocenters. The van der Waals surface area contributed by atoms with Crippen molar-refractivity contribution >= 4 is 8.32 Å². The van der Waals surface area contributed by atoms with Crippen molar-refractivity contribution in [3.05, 3.63) is 29.8 Å². The number of terminal acetylenes is 1. The first-order chi connectivity index (χ1) is 14.6. The second-order valence-corrected chi connectivity index (χ2v) is 12.7. The van der Waals surface area contributed by atoms with Crippen LogP contribution >= 0.6 is 0 Å². The van der Waals surface area contributed by atoms with E-state index in [-0.39, 0.29) is 23.4 Å². The van der Waals surface area contributed by atoms with Crippen molar-refractivity contribution in [2.24, 2.45) is 0 Å². The molecular formula is C25H35F3O2Si. The fourth-order valence-corrected chi connectivity index (χ4v) is 6.91. The van der Waals surface area contributed by atoms with E-state index in [0.717, 1.165) is 25.0 Å². The van der Waals surface area contributed by atoms with Gasteiger partial charge in [0.05, 0.1) is 5.56 Å².